The Morgan fingerprint density at radius 2 is 1.78 bits per heavy atom. The minimum absolute atomic E-state index is 0.193. The molecule has 0 saturated carbocycles. The summed E-state index contributed by atoms with van der Waals surface area (Å²) < 4.78 is 0. The summed E-state index contributed by atoms with van der Waals surface area (Å²) in [5, 5.41) is 12.9. The molecule has 3 atom stereocenters. The number of aliphatic hydroxyl groups excluding tert-OH is 1. The highest BCUT2D eigenvalue weighted by Gasteiger charge is 2.08. The number of rotatable bonds is 8. The molecule has 2 heteroatoms. The average Bonchev–Trinajstić information content (AvgIpc) is 2.34. The van der Waals surface area contributed by atoms with Gasteiger partial charge in [0.15, 0.2) is 0 Å². The fraction of sp³-hybridized carbons (Fsp3) is 0.625. The Balaban J connectivity index is 2.16. The summed E-state index contributed by atoms with van der Waals surface area (Å²) in [5.41, 5.74) is 1.41. The molecule has 0 radical (unpaired) electrons. The zero-order chi connectivity index (χ0) is 13.4. The quantitative estimate of drug-likeness (QED) is 0.742. The van der Waals surface area contributed by atoms with E-state index in [-0.39, 0.29) is 6.10 Å². The third-order valence-electron chi connectivity index (χ3n) is 3.27. The molecule has 0 amide bonds. The number of benzene rings is 1. The number of hydrogen-bond donors (Lipinski definition) is 2. The summed E-state index contributed by atoms with van der Waals surface area (Å²) in [6.45, 7) is 7.26. The van der Waals surface area contributed by atoms with Crippen LogP contribution >= 0.6 is 0 Å². The van der Waals surface area contributed by atoms with Crippen LogP contribution in [0.25, 0.3) is 0 Å². The lowest BCUT2D eigenvalue weighted by atomic mass is 10.0. The maximum atomic E-state index is 9.31. The molecule has 0 aliphatic heterocycles. The largest absolute Gasteiger partial charge is 0.393 e. The highest BCUT2D eigenvalue weighted by molar-refractivity contribution is 5.14. The lowest BCUT2D eigenvalue weighted by Gasteiger charge is -2.18. The van der Waals surface area contributed by atoms with E-state index in [0.29, 0.717) is 12.0 Å². The molecule has 0 fully saturated rings. The first-order chi connectivity index (χ1) is 8.58. The molecule has 0 spiro atoms. The van der Waals surface area contributed by atoms with Crippen LogP contribution in [-0.4, -0.2) is 23.8 Å². The summed E-state index contributed by atoms with van der Waals surface area (Å²) in [6, 6.07) is 11.1. The van der Waals surface area contributed by atoms with Gasteiger partial charge in [0, 0.05) is 6.04 Å². The first-order valence-corrected chi connectivity index (χ1v) is 7.03. The number of nitrogens with one attached hydrogen (secondary N) is 1. The van der Waals surface area contributed by atoms with Crippen molar-refractivity contribution in [3.63, 3.8) is 0 Å². The van der Waals surface area contributed by atoms with E-state index in [2.05, 4.69) is 49.5 Å². The van der Waals surface area contributed by atoms with Gasteiger partial charge in [-0.1, -0.05) is 37.3 Å². The minimum atomic E-state index is -0.193. The Morgan fingerprint density at radius 3 is 2.39 bits per heavy atom. The maximum Gasteiger partial charge on any atom is 0.0515 e. The second-order valence-electron chi connectivity index (χ2n) is 5.52. The molecule has 102 valence electrons. The van der Waals surface area contributed by atoms with Gasteiger partial charge in [0.1, 0.15) is 0 Å². The summed E-state index contributed by atoms with van der Waals surface area (Å²) in [6.07, 6.45) is 2.96. The van der Waals surface area contributed by atoms with Crippen LogP contribution in [0.2, 0.25) is 0 Å². The van der Waals surface area contributed by atoms with Crippen LogP contribution < -0.4 is 5.32 Å². The Labute approximate surface area is 111 Å². The van der Waals surface area contributed by atoms with Gasteiger partial charge < -0.3 is 10.4 Å². The third-order valence-corrected chi connectivity index (χ3v) is 3.27. The predicted octanol–water partition coefficient (Wildman–Crippen LogP) is 3.00. The second-order valence-corrected chi connectivity index (χ2v) is 5.52. The highest BCUT2D eigenvalue weighted by atomic mass is 16.3. The highest BCUT2D eigenvalue weighted by Crippen LogP contribution is 2.07. The van der Waals surface area contributed by atoms with Crippen molar-refractivity contribution in [3.05, 3.63) is 35.9 Å². The van der Waals surface area contributed by atoms with E-state index in [1.54, 1.807) is 0 Å². The van der Waals surface area contributed by atoms with Gasteiger partial charge in [-0.05, 0) is 51.1 Å². The van der Waals surface area contributed by atoms with Gasteiger partial charge >= 0.3 is 0 Å². The van der Waals surface area contributed by atoms with Crippen molar-refractivity contribution in [1.82, 2.24) is 5.32 Å². The topological polar surface area (TPSA) is 32.3 Å². The van der Waals surface area contributed by atoms with Gasteiger partial charge in [0.05, 0.1) is 6.10 Å². The van der Waals surface area contributed by atoms with Gasteiger partial charge in [-0.3, -0.25) is 0 Å². The SMILES string of the molecule is CC(O)CC(C)CNC(C)CCc1ccccc1. The molecule has 0 heterocycles. The molecule has 0 saturated heterocycles. The van der Waals surface area contributed by atoms with E-state index in [1.165, 1.54) is 5.56 Å². The van der Waals surface area contributed by atoms with Crippen LogP contribution in [-0.2, 0) is 6.42 Å². The Kier molecular flexibility index (Phi) is 6.99. The van der Waals surface area contributed by atoms with E-state index in [4.69, 9.17) is 0 Å². The zero-order valence-corrected chi connectivity index (χ0v) is 11.9. The summed E-state index contributed by atoms with van der Waals surface area (Å²) in [7, 11) is 0. The maximum absolute atomic E-state index is 9.31. The van der Waals surface area contributed by atoms with Crippen molar-refractivity contribution >= 4 is 0 Å². The number of hydrogen-bond acceptors (Lipinski definition) is 2. The fourth-order valence-corrected chi connectivity index (χ4v) is 2.20. The smallest absolute Gasteiger partial charge is 0.0515 e. The van der Waals surface area contributed by atoms with E-state index in [1.807, 2.05) is 6.92 Å². The summed E-state index contributed by atoms with van der Waals surface area (Å²) in [4.78, 5) is 0. The summed E-state index contributed by atoms with van der Waals surface area (Å²) in [5.74, 6) is 0.532. The van der Waals surface area contributed by atoms with E-state index >= 15 is 0 Å². The van der Waals surface area contributed by atoms with Crippen LogP contribution in [0, 0.1) is 5.92 Å². The standard InChI is InChI=1S/C16H27NO/c1-13(11-15(3)18)12-17-14(2)9-10-16-7-5-4-6-8-16/h4-8,13-15,17-18H,9-12H2,1-3H3. The van der Waals surface area contributed by atoms with Crippen LogP contribution in [0.15, 0.2) is 30.3 Å². The molecular formula is C16H27NO. The van der Waals surface area contributed by atoms with Gasteiger partial charge in [0.2, 0.25) is 0 Å². The lowest BCUT2D eigenvalue weighted by Crippen LogP contribution is -2.31. The Morgan fingerprint density at radius 1 is 1.11 bits per heavy atom. The monoisotopic (exact) mass is 249 g/mol. The molecule has 0 aromatic heterocycles. The van der Waals surface area contributed by atoms with Crippen molar-refractivity contribution in [3.8, 4) is 0 Å². The number of aryl methyl sites for hydroxylation is 1. The minimum Gasteiger partial charge on any atom is -0.393 e. The van der Waals surface area contributed by atoms with Gasteiger partial charge in [-0.25, -0.2) is 0 Å². The average molecular weight is 249 g/mol. The first-order valence-electron chi connectivity index (χ1n) is 7.03. The number of aliphatic hydroxyl groups is 1. The van der Waals surface area contributed by atoms with Crippen LogP contribution in [0.5, 0.6) is 0 Å². The van der Waals surface area contributed by atoms with Gasteiger partial charge in [-0.15, -0.1) is 0 Å². The van der Waals surface area contributed by atoms with Crippen LogP contribution in [0.1, 0.15) is 39.2 Å². The fourth-order valence-electron chi connectivity index (χ4n) is 2.20. The van der Waals surface area contributed by atoms with Crippen molar-refractivity contribution in [2.45, 2.75) is 52.2 Å². The summed E-state index contributed by atoms with van der Waals surface area (Å²) >= 11 is 0. The van der Waals surface area contributed by atoms with E-state index in [0.717, 1.165) is 25.8 Å². The normalized spacial score (nSPS) is 16.2. The van der Waals surface area contributed by atoms with Crippen molar-refractivity contribution in [2.24, 2.45) is 5.92 Å². The molecule has 1 aromatic rings. The van der Waals surface area contributed by atoms with Crippen molar-refractivity contribution in [2.75, 3.05) is 6.54 Å². The molecule has 0 aliphatic carbocycles. The molecule has 0 bridgehead atoms. The molecule has 18 heavy (non-hydrogen) atoms. The molecule has 1 rings (SSSR count). The molecule has 0 aliphatic rings. The lowest BCUT2D eigenvalue weighted by molar-refractivity contribution is 0.162. The molecule has 2 N–H and O–H groups in total. The third kappa shape index (κ3) is 6.77. The van der Waals surface area contributed by atoms with E-state index in [9.17, 15) is 5.11 Å². The molecular weight excluding hydrogens is 222 g/mol. The van der Waals surface area contributed by atoms with Gasteiger partial charge in [0.25, 0.3) is 0 Å². The van der Waals surface area contributed by atoms with E-state index < -0.39 is 0 Å². The predicted molar refractivity (Wildman–Crippen MR) is 77.7 cm³/mol. The zero-order valence-electron chi connectivity index (χ0n) is 11.9. The molecule has 1 aromatic carbocycles. The first kappa shape index (κ1) is 15.2. The molecule has 2 nitrogen and oxygen atoms in total. The Hall–Kier alpha value is -0.860. The van der Waals surface area contributed by atoms with Crippen LogP contribution in [0.4, 0.5) is 0 Å². The van der Waals surface area contributed by atoms with Crippen LogP contribution in [0.3, 0.4) is 0 Å². The second kappa shape index (κ2) is 8.28. The van der Waals surface area contributed by atoms with Crippen molar-refractivity contribution < 1.29 is 5.11 Å². The van der Waals surface area contributed by atoms with Gasteiger partial charge in [-0.2, -0.15) is 0 Å². The Bertz CT molecular complexity index is 310. The van der Waals surface area contributed by atoms with Crippen molar-refractivity contribution in [1.29, 1.82) is 0 Å². The molecule has 3 unspecified atom stereocenters.